The number of sulfone groups is 1. The summed E-state index contributed by atoms with van der Waals surface area (Å²) in [6.45, 7) is 0. The molecule has 0 radical (unpaired) electrons. The van der Waals surface area contributed by atoms with Gasteiger partial charge in [-0.25, -0.2) is 8.42 Å². The van der Waals surface area contributed by atoms with Crippen molar-refractivity contribution in [2.24, 2.45) is 0 Å². The Hall–Kier alpha value is -2.87. The van der Waals surface area contributed by atoms with Crippen LogP contribution in [0.25, 0.3) is 11.3 Å². The Morgan fingerprint density at radius 1 is 1.19 bits per heavy atom. The number of amides is 1. The lowest BCUT2D eigenvalue weighted by Gasteiger charge is -2.11. The van der Waals surface area contributed by atoms with Crippen LogP contribution in [0.2, 0.25) is 0 Å². The summed E-state index contributed by atoms with van der Waals surface area (Å²) in [6, 6.07) is 6.19. The average molecular weight is 386 g/mol. The molecule has 1 aromatic heterocycles. The van der Waals surface area contributed by atoms with E-state index >= 15 is 0 Å². The molecule has 8 heteroatoms. The van der Waals surface area contributed by atoms with Crippen molar-refractivity contribution in [3.63, 3.8) is 0 Å². The first-order valence-corrected chi connectivity index (χ1v) is 10.3. The molecule has 0 saturated heterocycles. The van der Waals surface area contributed by atoms with Gasteiger partial charge in [-0.05, 0) is 42.5 Å². The summed E-state index contributed by atoms with van der Waals surface area (Å²) in [5, 5.41) is 13.9. The predicted octanol–water partition coefficient (Wildman–Crippen LogP) is 1.28. The molecule has 0 bridgehead atoms. The number of carbonyl (C=O) groups is 1. The minimum absolute atomic E-state index is 0.215. The van der Waals surface area contributed by atoms with Gasteiger partial charge in [-0.2, -0.15) is 0 Å². The number of pyridine rings is 1. The van der Waals surface area contributed by atoms with Gasteiger partial charge in [-0.15, -0.1) is 0 Å². The molecule has 1 atom stereocenters. The Morgan fingerprint density at radius 3 is 2.70 bits per heavy atom. The Morgan fingerprint density at radius 2 is 1.96 bits per heavy atom. The fraction of sp³-hybridized carbons (Fsp3) is 0.263. The van der Waals surface area contributed by atoms with E-state index in [-0.39, 0.29) is 22.8 Å². The largest absolute Gasteiger partial charge is 0.506 e. The zero-order valence-electron chi connectivity index (χ0n) is 14.4. The van der Waals surface area contributed by atoms with Crippen molar-refractivity contribution < 1.29 is 18.3 Å². The van der Waals surface area contributed by atoms with Crippen LogP contribution in [0.15, 0.2) is 40.5 Å². The van der Waals surface area contributed by atoms with Crippen molar-refractivity contribution in [2.75, 3.05) is 5.75 Å². The van der Waals surface area contributed by atoms with Crippen molar-refractivity contribution >= 4 is 15.7 Å². The molecule has 3 N–H and O–H groups in total. The van der Waals surface area contributed by atoms with Crippen LogP contribution in [0.4, 0.5) is 0 Å². The molecule has 7 nitrogen and oxygen atoms in total. The second-order valence-electron chi connectivity index (χ2n) is 6.85. The van der Waals surface area contributed by atoms with Crippen LogP contribution in [0.1, 0.15) is 27.9 Å². The zero-order chi connectivity index (χ0) is 19.2. The quantitative estimate of drug-likeness (QED) is 0.735. The molecule has 1 amide bonds. The molecule has 4 rings (SSSR count). The smallest absolute Gasteiger partial charge is 0.261 e. The van der Waals surface area contributed by atoms with Gasteiger partial charge in [0.05, 0.1) is 17.5 Å². The van der Waals surface area contributed by atoms with E-state index in [2.05, 4.69) is 10.3 Å². The second-order valence-corrected chi connectivity index (χ2v) is 8.78. The Labute approximate surface area is 155 Å². The molecule has 0 saturated carbocycles. The molecule has 27 heavy (non-hydrogen) atoms. The Kier molecular flexibility index (Phi) is 4.15. The van der Waals surface area contributed by atoms with Crippen molar-refractivity contribution in [1.29, 1.82) is 0 Å². The summed E-state index contributed by atoms with van der Waals surface area (Å²) in [7, 11) is -3.32. The van der Waals surface area contributed by atoms with Crippen molar-refractivity contribution in [2.45, 2.75) is 25.3 Å². The maximum absolute atomic E-state index is 12.4. The molecule has 0 unspecified atom stereocenters. The molecular formula is C19H18N2O5S. The van der Waals surface area contributed by atoms with E-state index in [0.717, 1.165) is 30.7 Å². The standard InChI is InChI=1S/C19H18N2O5S/c22-16-9-15(18(23)20-14-6-7-27(25,26)10-14)19(24)21-17(16)13-5-4-11-2-1-3-12(11)8-13/h4-9,14,22H,1-3,10H2,(H,20,23)(H,21,24)/t14-/m0/s1. The molecule has 0 fully saturated rings. The maximum Gasteiger partial charge on any atom is 0.261 e. The molecule has 140 valence electrons. The van der Waals surface area contributed by atoms with Crippen LogP contribution in [0, 0.1) is 0 Å². The van der Waals surface area contributed by atoms with Crippen LogP contribution in [0.3, 0.4) is 0 Å². The first-order valence-electron chi connectivity index (χ1n) is 8.63. The van der Waals surface area contributed by atoms with Crippen LogP contribution in [-0.2, 0) is 22.7 Å². The first-order chi connectivity index (χ1) is 12.8. The van der Waals surface area contributed by atoms with Crippen LogP contribution in [0.5, 0.6) is 5.75 Å². The number of benzene rings is 1. The van der Waals surface area contributed by atoms with Gasteiger partial charge in [-0.1, -0.05) is 12.1 Å². The van der Waals surface area contributed by atoms with E-state index in [0.29, 0.717) is 5.56 Å². The van der Waals surface area contributed by atoms with E-state index in [1.54, 1.807) is 0 Å². The molecule has 2 aromatic rings. The number of H-pyrrole nitrogens is 1. The van der Waals surface area contributed by atoms with Gasteiger partial charge < -0.3 is 15.4 Å². The second kappa shape index (κ2) is 6.38. The summed E-state index contributed by atoms with van der Waals surface area (Å²) >= 11 is 0. The van der Waals surface area contributed by atoms with Gasteiger partial charge in [0.1, 0.15) is 11.3 Å². The summed E-state index contributed by atoms with van der Waals surface area (Å²) in [5.41, 5.74) is 2.50. The fourth-order valence-electron chi connectivity index (χ4n) is 3.55. The third-order valence-corrected chi connectivity index (χ3v) is 6.29. The topological polar surface area (TPSA) is 116 Å². The molecule has 2 heterocycles. The van der Waals surface area contributed by atoms with Gasteiger partial charge in [0.25, 0.3) is 11.5 Å². The van der Waals surface area contributed by atoms with E-state index in [1.165, 1.54) is 17.2 Å². The number of aromatic amines is 1. The number of aromatic nitrogens is 1. The number of nitrogens with one attached hydrogen (secondary N) is 2. The lowest BCUT2D eigenvalue weighted by Crippen LogP contribution is -2.38. The van der Waals surface area contributed by atoms with Crippen molar-refractivity contribution in [3.8, 4) is 17.0 Å². The molecule has 2 aliphatic rings. The van der Waals surface area contributed by atoms with Gasteiger partial charge in [0, 0.05) is 17.0 Å². The Bertz CT molecular complexity index is 1130. The number of rotatable bonds is 3. The van der Waals surface area contributed by atoms with E-state index in [9.17, 15) is 23.1 Å². The fourth-order valence-corrected chi connectivity index (χ4v) is 4.78. The summed E-state index contributed by atoms with van der Waals surface area (Å²) in [5.74, 6) is -1.19. The molecule has 1 aliphatic heterocycles. The number of fused-ring (bicyclic) bond motifs is 1. The van der Waals surface area contributed by atoms with Crippen LogP contribution >= 0.6 is 0 Å². The molecular weight excluding hydrogens is 368 g/mol. The lowest BCUT2D eigenvalue weighted by molar-refractivity contribution is 0.0945. The monoisotopic (exact) mass is 386 g/mol. The van der Waals surface area contributed by atoms with Crippen molar-refractivity contribution in [3.05, 3.63) is 62.8 Å². The SMILES string of the molecule is O=C(N[C@H]1C=CS(=O)(=O)C1)c1cc(O)c(-c2ccc3c(c2)CCC3)[nH]c1=O. The van der Waals surface area contributed by atoms with Crippen LogP contribution < -0.4 is 10.9 Å². The minimum Gasteiger partial charge on any atom is -0.506 e. The van der Waals surface area contributed by atoms with Gasteiger partial charge in [0.2, 0.25) is 0 Å². The third-order valence-electron chi connectivity index (χ3n) is 4.90. The predicted molar refractivity (Wildman–Crippen MR) is 100 cm³/mol. The van der Waals surface area contributed by atoms with E-state index in [4.69, 9.17) is 0 Å². The first kappa shape index (κ1) is 17.5. The number of hydrogen-bond acceptors (Lipinski definition) is 5. The average Bonchev–Trinajstić information content (AvgIpc) is 3.21. The molecule has 0 spiro atoms. The van der Waals surface area contributed by atoms with Gasteiger partial charge >= 0.3 is 0 Å². The highest BCUT2D eigenvalue weighted by Gasteiger charge is 2.25. The molecule has 1 aliphatic carbocycles. The summed E-state index contributed by atoms with van der Waals surface area (Å²) in [4.78, 5) is 27.3. The normalized spacial score (nSPS) is 19.8. The number of hydrogen-bond donors (Lipinski definition) is 3. The van der Waals surface area contributed by atoms with Crippen molar-refractivity contribution in [1.82, 2.24) is 10.3 Å². The maximum atomic E-state index is 12.4. The zero-order valence-corrected chi connectivity index (χ0v) is 15.2. The highest BCUT2D eigenvalue weighted by atomic mass is 32.2. The summed E-state index contributed by atoms with van der Waals surface area (Å²) in [6.07, 6.45) is 4.45. The minimum atomic E-state index is -3.32. The van der Waals surface area contributed by atoms with Crippen LogP contribution in [-0.4, -0.2) is 36.2 Å². The van der Waals surface area contributed by atoms with E-state index in [1.807, 2.05) is 18.2 Å². The third kappa shape index (κ3) is 3.40. The Balaban J connectivity index is 1.61. The number of aryl methyl sites for hydroxylation is 2. The van der Waals surface area contributed by atoms with Gasteiger partial charge in [0.15, 0.2) is 9.84 Å². The summed E-state index contributed by atoms with van der Waals surface area (Å²) < 4.78 is 22.8. The number of aromatic hydroxyl groups is 1. The lowest BCUT2D eigenvalue weighted by atomic mass is 10.0. The van der Waals surface area contributed by atoms with E-state index < -0.39 is 27.3 Å². The highest BCUT2D eigenvalue weighted by molar-refractivity contribution is 7.94. The number of carbonyl (C=O) groups excluding carboxylic acids is 1. The highest BCUT2D eigenvalue weighted by Crippen LogP contribution is 2.31. The molecule has 1 aromatic carbocycles. The van der Waals surface area contributed by atoms with Gasteiger partial charge in [-0.3, -0.25) is 9.59 Å².